The quantitative estimate of drug-likeness (QED) is 0.865. The third-order valence-electron chi connectivity index (χ3n) is 2.80. The second kappa shape index (κ2) is 6.78. The Hall–Kier alpha value is -2.25. The lowest BCUT2D eigenvalue weighted by Crippen LogP contribution is -1.96. The van der Waals surface area contributed by atoms with E-state index < -0.39 is 0 Å². The Morgan fingerprint density at radius 3 is 2.90 bits per heavy atom. The van der Waals surface area contributed by atoms with Gasteiger partial charge in [-0.15, -0.1) is 0 Å². The first kappa shape index (κ1) is 14.2. The molecule has 0 aliphatic rings. The molecule has 0 saturated heterocycles. The summed E-state index contributed by atoms with van der Waals surface area (Å²) >= 11 is 0. The molecule has 1 aromatic heterocycles. The summed E-state index contributed by atoms with van der Waals surface area (Å²) in [7, 11) is 1.88. The van der Waals surface area contributed by atoms with E-state index in [-0.39, 0.29) is 6.61 Å². The van der Waals surface area contributed by atoms with Crippen molar-refractivity contribution in [2.75, 3.05) is 6.61 Å². The van der Waals surface area contributed by atoms with Crippen molar-refractivity contribution in [3.63, 3.8) is 0 Å². The molecular formula is C16H18N2O2. The zero-order valence-corrected chi connectivity index (χ0v) is 11.8. The van der Waals surface area contributed by atoms with Crippen LogP contribution in [0.4, 0.5) is 0 Å². The molecule has 4 heteroatoms. The molecule has 0 fully saturated rings. The lowest BCUT2D eigenvalue weighted by Gasteiger charge is -2.08. The van der Waals surface area contributed by atoms with Gasteiger partial charge >= 0.3 is 0 Å². The van der Waals surface area contributed by atoms with Crippen molar-refractivity contribution in [2.24, 2.45) is 7.05 Å². The molecule has 0 saturated carbocycles. The number of hydrogen-bond donors (Lipinski definition) is 1. The van der Waals surface area contributed by atoms with E-state index in [1.807, 2.05) is 38.4 Å². The summed E-state index contributed by atoms with van der Waals surface area (Å²) in [6.07, 6.45) is 4.23. The first-order chi connectivity index (χ1) is 9.69. The molecule has 1 heterocycles. The van der Waals surface area contributed by atoms with Crippen LogP contribution in [0.2, 0.25) is 0 Å². The molecule has 2 rings (SSSR count). The fraction of sp³-hybridized carbons (Fsp3) is 0.312. The Bertz CT molecular complexity index is 635. The van der Waals surface area contributed by atoms with E-state index in [1.54, 1.807) is 10.9 Å². The van der Waals surface area contributed by atoms with Crippen LogP contribution in [-0.2, 0) is 13.7 Å². The maximum Gasteiger partial charge on any atom is 0.122 e. The highest BCUT2D eigenvalue weighted by Gasteiger charge is 2.02. The number of ether oxygens (including phenoxy) is 1. The Morgan fingerprint density at radius 2 is 2.25 bits per heavy atom. The summed E-state index contributed by atoms with van der Waals surface area (Å²) in [5.74, 6) is 6.77. The Kier molecular flexibility index (Phi) is 4.80. The summed E-state index contributed by atoms with van der Waals surface area (Å²) in [6.45, 7) is 2.60. The Morgan fingerprint density at radius 1 is 1.40 bits per heavy atom. The molecule has 0 unspecified atom stereocenters. The zero-order chi connectivity index (χ0) is 14.4. The summed E-state index contributed by atoms with van der Waals surface area (Å²) in [5, 5.41) is 12.8. The first-order valence-electron chi connectivity index (χ1n) is 6.50. The maximum atomic E-state index is 8.69. The number of aliphatic hydroxyl groups excluding tert-OH is 1. The summed E-state index contributed by atoms with van der Waals surface area (Å²) in [6, 6.07) is 5.84. The molecule has 104 valence electrons. The number of aryl methyl sites for hydroxylation is 2. The number of hydrogen-bond acceptors (Lipinski definition) is 3. The summed E-state index contributed by atoms with van der Waals surface area (Å²) in [4.78, 5) is 0. The van der Waals surface area contributed by atoms with Crippen LogP contribution in [-0.4, -0.2) is 21.5 Å². The predicted octanol–water partition coefficient (Wildman–Crippen LogP) is 2.04. The molecule has 1 N–H and O–H groups in total. The van der Waals surface area contributed by atoms with E-state index >= 15 is 0 Å². The molecule has 0 aliphatic heterocycles. The zero-order valence-electron chi connectivity index (χ0n) is 11.8. The highest BCUT2D eigenvalue weighted by molar-refractivity contribution is 5.43. The van der Waals surface area contributed by atoms with Gasteiger partial charge in [0.25, 0.3) is 0 Å². The number of benzene rings is 1. The van der Waals surface area contributed by atoms with Crippen LogP contribution in [0.15, 0.2) is 30.6 Å². The highest BCUT2D eigenvalue weighted by atomic mass is 16.5. The van der Waals surface area contributed by atoms with Gasteiger partial charge in [-0.1, -0.05) is 11.8 Å². The molecule has 1 aromatic carbocycles. The maximum absolute atomic E-state index is 8.69. The van der Waals surface area contributed by atoms with Crippen molar-refractivity contribution in [2.45, 2.75) is 20.0 Å². The van der Waals surface area contributed by atoms with Crippen molar-refractivity contribution in [3.05, 3.63) is 47.3 Å². The van der Waals surface area contributed by atoms with Gasteiger partial charge in [0.1, 0.15) is 12.4 Å². The molecule has 2 aromatic rings. The first-order valence-corrected chi connectivity index (χ1v) is 6.50. The predicted molar refractivity (Wildman–Crippen MR) is 77.3 cm³/mol. The fourth-order valence-electron chi connectivity index (χ4n) is 1.82. The van der Waals surface area contributed by atoms with E-state index in [4.69, 9.17) is 9.84 Å². The number of aliphatic hydroxyl groups is 1. The summed E-state index contributed by atoms with van der Waals surface area (Å²) < 4.78 is 7.53. The molecule has 0 atom stereocenters. The third kappa shape index (κ3) is 3.87. The van der Waals surface area contributed by atoms with E-state index in [0.717, 1.165) is 22.4 Å². The average molecular weight is 270 g/mol. The van der Waals surface area contributed by atoms with Crippen molar-refractivity contribution < 1.29 is 9.84 Å². The van der Waals surface area contributed by atoms with Crippen molar-refractivity contribution >= 4 is 0 Å². The Labute approximate surface area is 119 Å². The standard InChI is InChI=1S/C16H18N2O2/c1-13-9-14(5-3-4-8-19)6-7-16(13)20-12-15-10-17-18(2)11-15/h6-7,9-11,19H,4,8,12H2,1-2H3. The SMILES string of the molecule is Cc1cc(C#CCCO)ccc1OCc1cnn(C)c1. The summed E-state index contributed by atoms with van der Waals surface area (Å²) in [5.41, 5.74) is 3.02. The monoisotopic (exact) mass is 270 g/mol. The smallest absolute Gasteiger partial charge is 0.122 e. The van der Waals surface area contributed by atoms with Crippen LogP contribution >= 0.6 is 0 Å². The minimum absolute atomic E-state index is 0.0955. The van der Waals surface area contributed by atoms with Gasteiger partial charge in [0.15, 0.2) is 0 Å². The van der Waals surface area contributed by atoms with Gasteiger partial charge in [0.2, 0.25) is 0 Å². The van der Waals surface area contributed by atoms with Crippen molar-refractivity contribution in [1.29, 1.82) is 0 Å². The number of rotatable bonds is 4. The largest absolute Gasteiger partial charge is 0.489 e. The van der Waals surface area contributed by atoms with Gasteiger partial charge in [-0.2, -0.15) is 5.10 Å². The molecule has 0 spiro atoms. The fourth-order valence-corrected chi connectivity index (χ4v) is 1.82. The number of nitrogens with zero attached hydrogens (tertiary/aromatic N) is 2. The van der Waals surface area contributed by atoms with Crippen LogP contribution < -0.4 is 4.74 Å². The minimum Gasteiger partial charge on any atom is -0.489 e. The second-order valence-corrected chi connectivity index (χ2v) is 4.57. The highest BCUT2D eigenvalue weighted by Crippen LogP contribution is 2.20. The minimum atomic E-state index is 0.0955. The topological polar surface area (TPSA) is 47.3 Å². The van der Waals surface area contributed by atoms with E-state index in [9.17, 15) is 0 Å². The molecule has 4 nitrogen and oxygen atoms in total. The van der Waals surface area contributed by atoms with Crippen LogP contribution in [0.5, 0.6) is 5.75 Å². The Balaban J connectivity index is 2.01. The molecular weight excluding hydrogens is 252 g/mol. The van der Waals surface area contributed by atoms with E-state index in [0.29, 0.717) is 13.0 Å². The normalized spacial score (nSPS) is 9.95. The van der Waals surface area contributed by atoms with E-state index in [2.05, 4.69) is 16.9 Å². The molecule has 0 radical (unpaired) electrons. The van der Waals surface area contributed by atoms with Crippen LogP contribution in [0, 0.1) is 18.8 Å². The van der Waals surface area contributed by atoms with Gasteiger partial charge in [-0.3, -0.25) is 4.68 Å². The van der Waals surface area contributed by atoms with Crippen LogP contribution in [0.3, 0.4) is 0 Å². The molecule has 0 bridgehead atoms. The van der Waals surface area contributed by atoms with Gasteiger partial charge in [-0.05, 0) is 30.7 Å². The molecule has 20 heavy (non-hydrogen) atoms. The lowest BCUT2D eigenvalue weighted by molar-refractivity contribution is 0.304. The molecule has 0 aliphatic carbocycles. The molecule has 0 amide bonds. The van der Waals surface area contributed by atoms with Crippen molar-refractivity contribution in [3.8, 4) is 17.6 Å². The average Bonchev–Trinajstić information content (AvgIpc) is 2.84. The van der Waals surface area contributed by atoms with Gasteiger partial charge in [0, 0.05) is 30.8 Å². The van der Waals surface area contributed by atoms with Gasteiger partial charge < -0.3 is 9.84 Å². The third-order valence-corrected chi connectivity index (χ3v) is 2.80. The van der Waals surface area contributed by atoms with Crippen molar-refractivity contribution in [1.82, 2.24) is 9.78 Å². The van der Waals surface area contributed by atoms with Gasteiger partial charge in [0.05, 0.1) is 12.8 Å². The lowest BCUT2D eigenvalue weighted by atomic mass is 10.1. The van der Waals surface area contributed by atoms with Crippen LogP contribution in [0.25, 0.3) is 0 Å². The number of aromatic nitrogens is 2. The van der Waals surface area contributed by atoms with Crippen LogP contribution in [0.1, 0.15) is 23.1 Å². The second-order valence-electron chi connectivity index (χ2n) is 4.57. The van der Waals surface area contributed by atoms with Gasteiger partial charge in [-0.25, -0.2) is 0 Å². The van der Waals surface area contributed by atoms with E-state index in [1.165, 1.54) is 0 Å².